The van der Waals surface area contributed by atoms with Gasteiger partial charge in [0.2, 0.25) is 0 Å². The molecule has 3 rings (SSSR count). The number of aryl methyl sites for hydroxylation is 2. The third-order valence-electron chi connectivity index (χ3n) is 4.06. The van der Waals surface area contributed by atoms with Gasteiger partial charge in [0, 0.05) is 41.8 Å². The molecule has 0 aliphatic rings. The van der Waals surface area contributed by atoms with E-state index in [2.05, 4.69) is 15.4 Å². The normalized spacial score (nSPS) is 11.9. The first kappa shape index (κ1) is 16.9. The predicted octanol–water partition coefficient (Wildman–Crippen LogP) is 3.46. The van der Waals surface area contributed by atoms with Gasteiger partial charge >= 0.3 is 0 Å². The summed E-state index contributed by atoms with van der Waals surface area (Å²) in [6.07, 6.45) is 4.51. The highest BCUT2D eigenvalue weighted by molar-refractivity contribution is 5.94. The van der Waals surface area contributed by atoms with Gasteiger partial charge in [-0.3, -0.25) is 14.5 Å². The lowest BCUT2D eigenvalue weighted by atomic mass is 10.1. The number of nitrogens with one attached hydrogen (secondary N) is 1. The molecule has 0 bridgehead atoms. The maximum absolute atomic E-state index is 12.4. The minimum absolute atomic E-state index is 0.0586. The molecule has 3 aromatic rings. The third kappa shape index (κ3) is 4.53. The molecule has 2 heterocycles. The summed E-state index contributed by atoms with van der Waals surface area (Å²) in [6, 6.07) is 15.5. The van der Waals surface area contributed by atoms with E-state index >= 15 is 0 Å². The van der Waals surface area contributed by atoms with E-state index in [1.54, 1.807) is 6.20 Å². The van der Waals surface area contributed by atoms with E-state index in [-0.39, 0.29) is 11.9 Å². The molecule has 0 spiro atoms. The van der Waals surface area contributed by atoms with Crippen LogP contribution >= 0.6 is 0 Å². The number of amides is 1. The molecule has 128 valence electrons. The molecule has 5 heteroatoms. The van der Waals surface area contributed by atoms with Gasteiger partial charge in [0.1, 0.15) is 0 Å². The number of hydrogen-bond acceptors (Lipinski definition) is 3. The molecule has 2 aromatic heterocycles. The second kappa shape index (κ2) is 7.75. The van der Waals surface area contributed by atoms with Crippen molar-refractivity contribution in [2.24, 2.45) is 0 Å². The first-order chi connectivity index (χ1) is 12.1. The Balaban J connectivity index is 1.58. The minimum atomic E-state index is -0.0586. The fraction of sp³-hybridized carbons (Fsp3) is 0.250. The van der Waals surface area contributed by atoms with E-state index in [0.29, 0.717) is 5.56 Å². The molecule has 25 heavy (non-hydrogen) atoms. The van der Waals surface area contributed by atoms with Crippen molar-refractivity contribution >= 4 is 5.91 Å². The zero-order chi connectivity index (χ0) is 17.6. The Morgan fingerprint density at radius 1 is 1.16 bits per heavy atom. The summed E-state index contributed by atoms with van der Waals surface area (Å²) in [5.41, 5.74) is 3.55. The summed E-state index contributed by atoms with van der Waals surface area (Å²) in [6.45, 7) is 4.76. The summed E-state index contributed by atoms with van der Waals surface area (Å²) in [5, 5.41) is 7.20. The Hall–Kier alpha value is -2.95. The van der Waals surface area contributed by atoms with Crippen LogP contribution in [0.15, 0.2) is 60.9 Å². The van der Waals surface area contributed by atoms with E-state index in [1.165, 1.54) is 0 Å². The SMILES string of the molecule is Cc1cccc(-c2ccc(C(=O)NC(C)CCn3cccn3)cc2)n1. The van der Waals surface area contributed by atoms with Crippen LogP contribution in [0.1, 0.15) is 29.4 Å². The molecule has 0 aliphatic heterocycles. The number of nitrogens with zero attached hydrogens (tertiary/aromatic N) is 3. The summed E-state index contributed by atoms with van der Waals surface area (Å²) < 4.78 is 1.87. The number of pyridine rings is 1. The lowest BCUT2D eigenvalue weighted by molar-refractivity contribution is 0.0937. The van der Waals surface area contributed by atoms with Crippen LogP contribution < -0.4 is 5.32 Å². The van der Waals surface area contributed by atoms with Crippen molar-refractivity contribution in [2.45, 2.75) is 32.9 Å². The van der Waals surface area contributed by atoms with Gasteiger partial charge in [-0.2, -0.15) is 5.10 Å². The van der Waals surface area contributed by atoms with Gasteiger partial charge in [0.15, 0.2) is 0 Å². The number of benzene rings is 1. The second-order valence-electron chi connectivity index (χ2n) is 6.17. The molecule has 5 nitrogen and oxygen atoms in total. The van der Waals surface area contributed by atoms with E-state index in [4.69, 9.17) is 0 Å². The highest BCUT2D eigenvalue weighted by Gasteiger charge is 2.10. The highest BCUT2D eigenvalue weighted by Crippen LogP contribution is 2.18. The monoisotopic (exact) mass is 334 g/mol. The Morgan fingerprint density at radius 3 is 2.64 bits per heavy atom. The number of carbonyl (C=O) groups is 1. The van der Waals surface area contributed by atoms with Crippen molar-refractivity contribution in [3.05, 3.63) is 72.2 Å². The summed E-state index contributed by atoms with van der Waals surface area (Å²) in [7, 11) is 0. The van der Waals surface area contributed by atoms with Gasteiger partial charge in [0.25, 0.3) is 5.91 Å². The van der Waals surface area contributed by atoms with Crippen LogP contribution in [-0.4, -0.2) is 26.7 Å². The molecule has 0 fully saturated rings. The molecule has 1 unspecified atom stereocenters. The smallest absolute Gasteiger partial charge is 0.251 e. The Bertz CT molecular complexity index is 825. The Kier molecular flexibility index (Phi) is 5.23. The van der Waals surface area contributed by atoms with Crippen LogP contribution in [0.5, 0.6) is 0 Å². The van der Waals surface area contributed by atoms with Gasteiger partial charge in [-0.15, -0.1) is 0 Å². The number of hydrogen-bond donors (Lipinski definition) is 1. The van der Waals surface area contributed by atoms with Crippen molar-refractivity contribution in [3.63, 3.8) is 0 Å². The first-order valence-corrected chi connectivity index (χ1v) is 8.44. The van der Waals surface area contributed by atoms with Crippen LogP contribution in [0.25, 0.3) is 11.3 Å². The zero-order valence-corrected chi connectivity index (χ0v) is 14.5. The molecular formula is C20H22N4O. The molecule has 0 aliphatic carbocycles. The summed E-state index contributed by atoms with van der Waals surface area (Å²) in [4.78, 5) is 16.9. The molecule has 0 radical (unpaired) electrons. The lowest BCUT2D eigenvalue weighted by Crippen LogP contribution is -2.33. The van der Waals surface area contributed by atoms with Crippen molar-refractivity contribution in [2.75, 3.05) is 0 Å². The summed E-state index contributed by atoms with van der Waals surface area (Å²) in [5.74, 6) is -0.0586. The van der Waals surface area contributed by atoms with E-state index < -0.39 is 0 Å². The van der Waals surface area contributed by atoms with Crippen LogP contribution in [0.4, 0.5) is 0 Å². The van der Waals surface area contributed by atoms with Gasteiger partial charge in [0.05, 0.1) is 5.69 Å². The number of aromatic nitrogens is 3. The van der Waals surface area contributed by atoms with Crippen LogP contribution in [0.2, 0.25) is 0 Å². The average Bonchev–Trinajstić information content (AvgIpc) is 3.14. The first-order valence-electron chi connectivity index (χ1n) is 8.44. The van der Waals surface area contributed by atoms with Crippen LogP contribution in [-0.2, 0) is 6.54 Å². The van der Waals surface area contributed by atoms with Gasteiger partial charge in [-0.25, -0.2) is 0 Å². The predicted molar refractivity (Wildman–Crippen MR) is 98.2 cm³/mol. The maximum atomic E-state index is 12.4. The van der Waals surface area contributed by atoms with Gasteiger partial charge < -0.3 is 5.32 Å². The second-order valence-corrected chi connectivity index (χ2v) is 6.17. The van der Waals surface area contributed by atoms with Crippen molar-refractivity contribution in [3.8, 4) is 11.3 Å². The van der Waals surface area contributed by atoms with Crippen LogP contribution in [0.3, 0.4) is 0 Å². The molecule has 1 amide bonds. The fourth-order valence-electron chi connectivity index (χ4n) is 2.63. The molecule has 1 aromatic carbocycles. The molecule has 0 saturated heterocycles. The zero-order valence-electron chi connectivity index (χ0n) is 14.5. The largest absolute Gasteiger partial charge is 0.350 e. The van der Waals surface area contributed by atoms with Crippen LogP contribution in [0, 0.1) is 6.92 Å². The lowest BCUT2D eigenvalue weighted by Gasteiger charge is -2.14. The molecule has 0 saturated carbocycles. The fourth-order valence-corrected chi connectivity index (χ4v) is 2.63. The molecule has 1 atom stereocenters. The quantitative estimate of drug-likeness (QED) is 0.751. The van der Waals surface area contributed by atoms with Gasteiger partial charge in [-0.1, -0.05) is 18.2 Å². The van der Waals surface area contributed by atoms with Crippen molar-refractivity contribution in [1.82, 2.24) is 20.1 Å². The van der Waals surface area contributed by atoms with Crippen molar-refractivity contribution < 1.29 is 4.79 Å². The number of rotatable bonds is 6. The highest BCUT2D eigenvalue weighted by atomic mass is 16.1. The molecular weight excluding hydrogens is 312 g/mol. The third-order valence-corrected chi connectivity index (χ3v) is 4.06. The molecule has 1 N–H and O–H groups in total. The Morgan fingerprint density at radius 2 is 1.96 bits per heavy atom. The minimum Gasteiger partial charge on any atom is -0.350 e. The Labute approximate surface area is 147 Å². The standard InChI is InChI=1S/C20H22N4O/c1-15-5-3-6-19(22-15)17-7-9-18(10-8-17)20(25)23-16(2)11-14-24-13-4-12-21-24/h3-10,12-13,16H,11,14H2,1-2H3,(H,23,25). The maximum Gasteiger partial charge on any atom is 0.251 e. The van der Waals surface area contributed by atoms with Crippen molar-refractivity contribution in [1.29, 1.82) is 0 Å². The van der Waals surface area contributed by atoms with E-state index in [1.807, 2.05) is 73.3 Å². The van der Waals surface area contributed by atoms with E-state index in [9.17, 15) is 4.79 Å². The number of carbonyl (C=O) groups excluding carboxylic acids is 1. The average molecular weight is 334 g/mol. The van der Waals surface area contributed by atoms with Gasteiger partial charge in [-0.05, 0) is 50.6 Å². The topological polar surface area (TPSA) is 59.8 Å². The summed E-state index contributed by atoms with van der Waals surface area (Å²) >= 11 is 0. The van der Waals surface area contributed by atoms with E-state index in [0.717, 1.165) is 29.9 Å².